The molecule has 7 rings (SSSR count). The van der Waals surface area contributed by atoms with Crippen LogP contribution >= 0.6 is 0 Å². The van der Waals surface area contributed by atoms with Gasteiger partial charge in [0, 0.05) is 36.6 Å². The summed E-state index contributed by atoms with van der Waals surface area (Å²) in [6.45, 7) is 12.8. The summed E-state index contributed by atoms with van der Waals surface area (Å²) in [6.07, 6.45) is 3.41. The van der Waals surface area contributed by atoms with Crippen molar-refractivity contribution in [2.24, 2.45) is 23.7 Å². The van der Waals surface area contributed by atoms with E-state index in [9.17, 15) is 24.3 Å². The highest BCUT2D eigenvalue weighted by atomic mass is 16.5. The lowest BCUT2D eigenvalue weighted by Crippen LogP contribution is -2.51. The third-order valence-corrected chi connectivity index (χ3v) is 11.7. The molecule has 2 aliphatic heterocycles. The second-order valence-corrected chi connectivity index (χ2v) is 16.9. The van der Waals surface area contributed by atoms with Crippen molar-refractivity contribution in [1.82, 2.24) is 40.4 Å². The number of carbonyl (C=O) groups excluding carboxylic acids is 3. The molecule has 4 heterocycles. The highest BCUT2D eigenvalue weighted by Crippen LogP contribution is 2.38. The van der Waals surface area contributed by atoms with E-state index in [-0.39, 0.29) is 47.6 Å². The minimum atomic E-state index is -1.21. The summed E-state index contributed by atoms with van der Waals surface area (Å²) >= 11 is 0. The lowest BCUT2D eigenvalue weighted by molar-refractivity contribution is -0.136. The van der Waals surface area contributed by atoms with Gasteiger partial charge in [0.05, 0.1) is 30.6 Å². The van der Waals surface area contributed by atoms with Crippen molar-refractivity contribution < 1.29 is 29.0 Å². The number of benzene rings is 3. The number of carbonyl (C=O) groups is 4. The van der Waals surface area contributed by atoms with Crippen molar-refractivity contribution in [2.75, 3.05) is 20.2 Å². The van der Waals surface area contributed by atoms with Gasteiger partial charge in [0.25, 0.3) is 0 Å². The highest BCUT2D eigenvalue weighted by molar-refractivity contribution is 5.91. The minimum absolute atomic E-state index is 0.117. The second kappa shape index (κ2) is 17.0. The Hall–Kier alpha value is -6.18. The van der Waals surface area contributed by atoms with Crippen molar-refractivity contribution in [2.45, 2.75) is 78.6 Å². The van der Waals surface area contributed by atoms with E-state index in [1.807, 2.05) is 57.1 Å². The summed E-state index contributed by atoms with van der Waals surface area (Å²) in [6, 6.07) is 18.9. The lowest BCUT2D eigenvalue weighted by atomic mass is 9.98. The van der Waals surface area contributed by atoms with Crippen LogP contribution in [-0.2, 0) is 14.3 Å². The van der Waals surface area contributed by atoms with Crippen LogP contribution in [0.15, 0.2) is 73.1 Å². The van der Waals surface area contributed by atoms with Gasteiger partial charge in [-0.25, -0.2) is 19.6 Å². The third kappa shape index (κ3) is 8.67. The van der Waals surface area contributed by atoms with Crippen LogP contribution in [0, 0.1) is 23.7 Å². The van der Waals surface area contributed by atoms with Gasteiger partial charge >= 0.3 is 12.2 Å². The molecule has 2 saturated heterocycles. The average molecular weight is 803 g/mol. The number of rotatable bonds is 11. The summed E-state index contributed by atoms with van der Waals surface area (Å²) < 4.78 is 4.78. The molecule has 3 aromatic carbocycles. The predicted octanol–water partition coefficient (Wildman–Crippen LogP) is 7.78. The summed E-state index contributed by atoms with van der Waals surface area (Å²) in [4.78, 5) is 70.8. The number of likely N-dealkylation sites (tertiary alicyclic amines) is 2. The number of aromatic amines is 2. The normalized spacial score (nSPS) is 20.3. The van der Waals surface area contributed by atoms with Gasteiger partial charge in [-0.15, -0.1) is 0 Å². The van der Waals surface area contributed by atoms with E-state index >= 15 is 0 Å². The molecule has 0 radical (unpaired) electrons. The Labute approximate surface area is 344 Å². The fourth-order valence-corrected chi connectivity index (χ4v) is 8.53. The molecule has 0 spiro atoms. The van der Waals surface area contributed by atoms with Gasteiger partial charge in [-0.1, -0.05) is 90.1 Å². The van der Waals surface area contributed by atoms with Crippen molar-refractivity contribution in [3.63, 3.8) is 0 Å². The van der Waals surface area contributed by atoms with Crippen LogP contribution in [-0.4, -0.2) is 91.1 Å². The number of nitrogens with one attached hydrogen (secondary N) is 4. The molecule has 2 fully saturated rings. The highest BCUT2D eigenvalue weighted by Gasteiger charge is 2.41. The van der Waals surface area contributed by atoms with E-state index in [0.29, 0.717) is 18.9 Å². The number of carboxylic acid groups (broad SMARTS) is 1. The maximum atomic E-state index is 13.7. The van der Waals surface area contributed by atoms with E-state index in [2.05, 4.69) is 83.0 Å². The zero-order chi connectivity index (χ0) is 42.1. The number of fused-ring (bicyclic) bond motifs is 1. The molecule has 14 nitrogen and oxygen atoms in total. The molecule has 59 heavy (non-hydrogen) atoms. The first-order valence-electron chi connectivity index (χ1n) is 20.4. The zero-order valence-electron chi connectivity index (χ0n) is 34.7. The molecule has 0 bridgehead atoms. The minimum Gasteiger partial charge on any atom is -0.465 e. The van der Waals surface area contributed by atoms with Gasteiger partial charge in [0.2, 0.25) is 11.8 Å². The van der Waals surface area contributed by atoms with Crippen LogP contribution in [0.5, 0.6) is 0 Å². The second-order valence-electron chi connectivity index (χ2n) is 16.9. The third-order valence-electron chi connectivity index (χ3n) is 11.7. The first-order valence-corrected chi connectivity index (χ1v) is 20.4. The fraction of sp³-hybridized carbons (Fsp3) is 0.422. The molecule has 310 valence electrons. The number of nitrogens with zero attached hydrogens (tertiary/aromatic N) is 4. The maximum Gasteiger partial charge on any atom is 0.407 e. The van der Waals surface area contributed by atoms with Crippen LogP contribution in [0.4, 0.5) is 9.59 Å². The zero-order valence-corrected chi connectivity index (χ0v) is 34.7. The van der Waals surface area contributed by atoms with Crippen LogP contribution in [0.3, 0.4) is 0 Å². The predicted molar refractivity (Wildman–Crippen MR) is 225 cm³/mol. The standard InChI is InChI=1S/C45H54N8O6/c1-24(2)38(50-44(56)57)42(54)52-22-26(5)16-36(52)40-46-20-34(48-40)29-10-8-28(9-11-29)30-12-13-32-19-33(15-14-31(32)18-30)35-21-47-41(49-35)37-17-27(6)23-53(37)43(55)39(25(3)4)51-45(58)59-7/h8-15,18-21,24-27,36-39,50H,16-17,22-23H2,1-7H3,(H,46,48)(H,47,49)(H,51,58)(H,56,57)/t26-,27-,36+,37+,38+,39+/m1/s1. The monoisotopic (exact) mass is 802 g/mol. The average Bonchev–Trinajstić information content (AvgIpc) is 4.04. The van der Waals surface area contributed by atoms with Crippen LogP contribution in [0.25, 0.3) is 44.4 Å². The molecular formula is C45H54N8O6. The number of hydrogen-bond donors (Lipinski definition) is 5. The van der Waals surface area contributed by atoms with Crippen molar-refractivity contribution >= 4 is 34.8 Å². The van der Waals surface area contributed by atoms with Crippen LogP contribution in [0.1, 0.15) is 78.1 Å². The van der Waals surface area contributed by atoms with Gasteiger partial charge in [0.1, 0.15) is 23.7 Å². The van der Waals surface area contributed by atoms with Crippen molar-refractivity contribution in [3.05, 3.63) is 84.7 Å². The van der Waals surface area contributed by atoms with E-state index in [1.54, 1.807) is 4.90 Å². The molecule has 2 aromatic heterocycles. The number of ether oxygens (including phenoxy) is 1. The number of H-pyrrole nitrogens is 2. The van der Waals surface area contributed by atoms with E-state index in [1.165, 1.54) is 7.11 Å². The van der Waals surface area contributed by atoms with Gasteiger partial charge in [-0.05, 0) is 70.5 Å². The van der Waals surface area contributed by atoms with Gasteiger partial charge in [-0.3, -0.25) is 9.59 Å². The lowest BCUT2D eigenvalue weighted by Gasteiger charge is -2.30. The molecular weight excluding hydrogens is 749 g/mol. The largest absolute Gasteiger partial charge is 0.465 e. The van der Waals surface area contributed by atoms with E-state index in [0.717, 1.165) is 63.1 Å². The van der Waals surface area contributed by atoms with Crippen LogP contribution in [0.2, 0.25) is 0 Å². The Morgan fingerprint density at radius 1 is 0.678 bits per heavy atom. The van der Waals surface area contributed by atoms with Gasteiger partial charge in [0.15, 0.2) is 0 Å². The number of hydrogen-bond acceptors (Lipinski definition) is 7. The Morgan fingerprint density at radius 3 is 1.61 bits per heavy atom. The fourth-order valence-electron chi connectivity index (χ4n) is 8.53. The number of imidazole rings is 2. The molecule has 0 saturated carbocycles. The van der Waals surface area contributed by atoms with Gasteiger partial charge in [-0.2, -0.15) is 0 Å². The number of alkyl carbamates (subject to hydrolysis) is 1. The quantitative estimate of drug-likeness (QED) is 0.0896. The van der Waals surface area contributed by atoms with E-state index < -0.39 is 24.3 Å². The van der Waals surface area contributed by atoms with Crippen LogP contribution < -0.4 is 10.6 Å². The summed E-state index contributed by atoms with van der Waals surface area (Å²) in [5.41, 5.74) is 5.60. The summed E-state index contributed by atoms with van der Waals surface area (Å²) in [5.74, 6) is 1.25. The smallest absolute Gasteiger partial charge is 0.407 e. The number of methoxy groups -OCH3 is 1. The molecule has 0 unspecified atom stereocenters. The Bertz CT molecular complexity index is 2330. The van der Waals surface area contributed by atoms with Gasteiger partial charge < -0.3 is 40.2 Å². The number of aromatic nitrogens is 4. The molecule has 2 aliphatic rings. The first-order chi connectivity index (χ1) is 28.2. The molecule has 5 N–H and O–H groups in total. The Morgan fingerprint density at radius 2 is 1.12 bits per heavy atom. The summed E-state index contributed by atoms with van der Waals surface area (Å²) in [5, 5.41) is 16.6. The molecule has 6 atom stereocenters. The molecule has 14 heteroatoms. The van der Waals surface area contributed by atoms with Crippen molar-refractivity contribution in [3.8, 4) is 33.6 Å². The summed E-state index contributed by atoms with van der Waals surface area (Å²) in [7, 11) is 1.29. The topological polar surface area (TPSA) is 186 Å². The number of amides is 4. The first kappa shape index (κ1) is 41.0. The Balaban J connectivity index is 1.04. The molecule has 5 aromatic rings. The molecule has 4 amide bonds. The van der Waals surface area contributed by atoms with Crippen molar-refractivity contribution in [1.29, 1.82) is 0 Å². The maximum absolute atomic E-state index is 13.7. The molecule has 0 aliphatic carbocycles. The van der Waals surface area contributed by atoms with E-state index in [4.69, 9.17) is 14.7 Å². The Kier molecular flexibility index (Phi) is 11.8. The SMILES string of the molecule is COC(=O)N[C@H](C(=O)N1C[C@H](C)C[C@H]1c1nc(-c2ccc3cc(-c4ccc(-c5c[nH]c([C@@H]6C[C@@H](C)CN6C(=O)[C@@H](NC(=O)O)C(C)C)n5)cc4)ccc3c2)c[nH]1)C(C)C.